The highest BCUT2D eigenvalue weighted by Crippen LogP contribution is 2.36. The van der Waals surface area contributed by atoms with Crippen molar-refractivity contribution in [3.63, 3.8) is 0 Å². The van der Waals surface area contributed by atoms with E-state index in [0.29, 0.717) is 0 Å². The van der Waals surface area contributed by atoms with E-state index >= 15 is 0 Å². The molecule has 4 N–H and O–H groups in total. The molecule has 0 aromatic heterocycles. The molecule has 0 radical (unpaired) electrons. The van der Waals surface area contributed by atoms with E-state index < -0.39 is 21.1 Å². The third kappa shape index (κ3) is 3.66. The summed E-state index contributed by atoms with van der Waals surface area (Å²) in [4.78, 5) is 0. The molecule has 1 saturated heterocycles. The largest absolute Gasteiger partial charge is 0.414 e. The fraction of sp³-hybridized carbons (Fsp3) is 1.00. The Balaban J connectivity index is 2.63. The molecule has 18 heavy (non-hydrogen) atoms. The molecular weight excluding hydrogens is 256 g/mol. The Hall–Kier alpha value is 0.314. The Morgan fingerprint density at radius 2 is 1.78 bits per heavy atom. The maximum atomic E-state index is 6.44. The molecule has 0 spiro atoms. The van der Waals surface area contributed by atoms with Gasteiger partial charge in [-0.2, -0.15) is 0 Å². The Kier molecular flexibility index (Phi) is 5.23. The van der Waals surface area contributed by atoms with E-state index in [9.17, 15) is 0 Å². The number of unbranched alkanes of at least 4 members (excludes halogenated alkanes) is 2. The summed E-state index contributed by atoms with van der Waals surface area (Å²) in [5.74, 6) is 0. The molecule has 0 bridgehead atoms. The zero-order valence-corrected chi connectivity index (χ0v) is 14.9. The molecule has 0 aromatic rings. The first-order valence-electron chi connectivity index (χ1n) is 7.38. The SMILES string of the molecule is CCCCCC(N)(N)C1CC[Si](C)(C)[Si](C)(C)O1. The van der Waals surface area contributed by atoms with Gasteiger partial charge in [-0.15, -0.1) is 0 Å². The van der Waals surface area contributed by atoms with Gasteiger partial charge in [-0.05, 0) is 25.9 Å². The molecule has 0 amide bonds. The zero-order chi connectivity index (χ0) is 14.0. The lowest BCUT2D eigenvalue weighted by atomic mass is 9.96. The summed E-state index contributed by atoms with van der Waals surface area (Å²) in [7, 11) is -2.73. The molecular formula is C13H32N2OSi2. The monoisotopic (exact) mass is 288 g/mol. The predicted molar refractivity (Wildman–Crippen MR) is 84.5 cm³/mol. The summed E-state index contributed by atoms with van der Waals surface area (Å²) in [5.41, 5.74) is 12.0. The van der Waals surface area contributed by atoms with Crippen molar-refractivity contribution >= 4 is 15.4 Å². The third-order valence-electron chi connectivity index (χ3n) is 4.91. The van der Waals surface area contributed by atoms with Crippen molar-refractivity contribution in [2.45, 2.75) is 83.0 Å². The quantitative estimate of drug-likeness (QED) is 0.464. The normalized spacial score (nSPS) is 27.2. The summed E-state index contributed by atoms with van der Waals surface area (Å²) >= 11 is 0. The van der Waals surface area contributed by atoms with Crippen LogP contribution in [-0.4, -0.2) is 27.2 Å². The molecule has 5 heteroatoms. The second-order valence-corrected chi connectivity index (χ2v) is 22.3. The summed E-state index contributed by atoms with van der Waals surface area (Å²) in [6, 6.07) is 1.32. The standard InChI is InChI=1S/C13H32N2OSi2/c1-6-7-8-10-13(14,15)12-9-11-17(2,3)18(4,5)16-12/h12H,6-11,14-15H2,1-5H3. The molecule has 0 aliphatic carbocycles. The van der Waals surface area contributed by atoms with E-state index in [0.717, 1.165) is 19.3 Å². The second-order valence-electron chi connectivity index (χ2n) is 7.11. The first kappa shape index (κ1) is 16.4. The predicted octanol–water partition coefficient (Wildman–Crippen LogP) is 2.96. The van der Waals surface area contributed by atoms with Crippen molar-refractivity contribution < 1.29 is 4.43 Å². The van der Waals surface area contributed by atoms with Gasteiger partial charge in [0.05, 0.1) is 19.4 Å². The average molecular weight is 289 g/mol. The molecule has 0 saturated carbocycles. The molecule has 1 aliphatic rings. The molecule has 1 unspecified atom stereocenters. The van der Waals surface area contributed by atoms with Crippen LogP contribution in [0.3, 0.4) is 0 Å². The summed E-state index contributed by atoms with van der Waals surface area (Å²) in [5, 5.41) is 0. The first-order valence-corrected chi connectivity index (χ1v) is 14.5. The van der Waals surface area contributed by atoms with E-state index in [4.69, 9.17) is 15.9 Å². The van der Waals surface area contributed by atoms with Gasteiger partial charge in [0.25, 0.3) is 0 Å². The van der Waals surface area contributed by atoms with Gasteiger partial charge in [0, 0.05) is 0 Å². The fourth-order valence-corrected chi connectivity index (χ4v) is 9.16. The highest BCUT2D eigenvalue weighted by Gasteiger charge is 2.50. The van der Waals surface area contributed by atoms with Crippen molar-refractivity contribution in [3.05, 3.63) is 0 Å². The minimum atomic E-state index is -1.56. The molecule has 1 atom stereocenters. The number of rotatable bonds is 5. The average Bonchev–Trinajstić information content (AvgIpc) is 2.22. The van der Waals surface area contributed by atoms with Crippen LogP contribution in [0.15, 0.2) is 0 Å². The molecule has 0 aromatic carbocycles. The number of hydrogen-bond donors (Lipinski definition) is 2. The third-order valence-corrected chi connectivity index (χ3v) is 21.5. The molecule has 108 valence electrons. The highest BCUT2D eigenvalue weighted by molar-refractivity contribution is 7.38. The van der Waals surface area contributed by atoms with Crippen LogP contribution in [0.5, 0.6) is 0 Å². The topological polar surface area (TPSA) is 61.3 Å². The Labute approximate surface area is 115 Å². The van der Waals surface area contributed by atoms with Crippen molar-refractivity contribution in [1.29, 1.82) is 0 Å². The molecule has 1 fully saturated rings. The Morgan fingerprint density at radius 1 is 1.17 bits per heavy atom. The van der Waals surface area contributed by atoms with Crippen molar-refractivity contribution in [1.82, 2.24) is 0 Å². The Morgan fingerprint density at radius 3 is 2.28 bits per heavy atom. The Bertz CT molecular complexity index is 280. The number of nitrogens with two attached hydrogens (primary N) is 2. The maximum Gasteiger partial charge on any atom is 0.174 e. The minimum absolute atomic E-state index is 0.0801. The van der Waals surface area contributed by atoms with Crippen LogP contribution in [0.25, 0.3) is 0 Å². The van der Waals surface area contributed by atoms with Gasteiger partial charge in [0.1, 0.15) is 0 Å². The van der Waals surface area contributed by atoms with E-state index in [1.165, 1.54) is 18.9 Å². The molecule has 1 heterocycles. The van der Waals surface area contributed by atoms with Gasteiger partial charge in [-0.1, -0.05) is 45.3 Å². The van der Waals surface area contributed by atoms with Crippen molar-refractivity contribution in [2.24, 2.45) is 11.5 Å². The van der Waals surface area contributed by atoms with Gasteiger partial charge in [-0.3, -0.25) is 0 Å². The zero-order valence-electron chi connectivity index (χ0n) is 12.9. The molecule has 1 rings (SSSR count). The van der Waals surface area contributed by atoms with E-state index in [2.05, 4.69) is 33.1 Å². The number of hydrogen-bond acceptors (Lipinski definition) is 3. The van der Waals surface area contributed by atoms with Crippen LogP contribution >= 0.6 is 0 Å². The van der Waals surface area contributed by atoms with E-state index in [1.807, 2.05) is 0 Å². The maximum absolute atomic E-state index is 6.44. The van der Waals surface area contributed by atoms with Gasteiger partial charge in [0.15, 0.2) is 7.83 Å². The lowest BCUT2D eigenvalue weighted by Crippen LogP contribution is -2.69. The van der Waals surface area contributed by atoms with Crippen LogP contribution in [0.2, 0.25) is 32.2 Å². The lowest BCUT2D eigenvalue weighted by molar-refractivity contribution is 0.0898. The van der Waals surface area contributed by atoms with Crippen molar-refractivity contribution in [2.75, 3.05) is 0 Å². The first-order chi connectivity index (χ1) is 8.12. The van der Waals surface area contributed by atoms with Crippen LogP contribution in [-0.2, 0) is 4.43 Å². The van der Waals surface area contributed by atoms with Crippen LogP contribution in [0.4, 0.5) is 0 Å². The molecule has 1 aliphatic heterocycles. The van der Waals surface area contributed by atoms with Crippen LogP contribution in [0, 0.1) is 0 Å². The van der Waals surface area contributed by atoms with Crippen LogP contribution < -0.4 is 11.5 Å². The van der Waals surface area contributed by atoms with Crippen LogP contribution in [0.1, 0.15) is 39.0 Å². The lowest BCUT2D eigenvalue weighted by Gasteiger charge is -2.49. The van der Waals surface area contributed by atoms with Gasteiger partial charge in [0.2, 0.25) is 0 Å². The van der Waals surface area contributed by atoms with Gasteiger partial charge in [-0.25, -0.2) is 0 Å². The smallest absolute Gasteiger partial charge is 0.174 e. The summed E-state index contributed by atoms with van der Waals surface area (Å²) < 4.78 is 6.44. The van der Waals surface area contributed by atoms with E-state index in [-0.39, 0.29) is 6.10 Å². The highest BCUT2D eigenvalue weighted by atomic mass is 29.3. The second kappa shape index (κ2) is 5.75. The van der Waals surface area contributed by atoms with Gasteiger partial charge >= 0.3 is 0 Å². The summed E-state index contributed by atoms with van der Waals surface area (Å²) in [6.07, 6.45) is 5.57. The molecule has 3 nitrogen and oxygen atoms in total. The summed E-state index contributed by atoms with van der Waals surface area (Å²) in [6.45, 7) is 11.8. The van der Waals surface area contributed by atoms with E-state index in [1.54, 1.807) is 0 Å². The fourth-order valence-electron chi connectivity index (χ4n) is 2.59. The van der Waals surface area contributed by atoms with Gasteiger partial charge < -0.3 is 15.9 Å². The van der Waals surface area contributed by atoms with Crippen molar-refractivity contribution in [3.8, 4) is 0 Å². The minimum Gasteiger partial charge on any atom is -0.414 e.